The summed E-state index contributed by atoms with van der Waals surface area (Å²) in [5, 5.41) is 3.44. The number of hydrogen-bond acceptors (Lipinski definition) is 1. The van der Waals surface area contributed by atoms with E-state index in [9.17, 15) is 0 Å². The highest BCUT2D eigenvalue weighted by Crippen LogP contribution is 2.09. The smallest absolute Gasteiger partial charge is 0.0340 e. The Kier molecular flexibility index (Phi) is 8.09. The second-order valence-corrected chi connectivity index (χ2v) is 4.49. The molecule has 0 saturated carbocycles. The van der Waals surface area contributed by atoms with E-state index in [4.69, 9.17) is 0 Å². The maximum Gasteiger partial charge on any atom is 0.0340 e. The molecule has 1 aromatic carbocycles. The van der Waals surface area contributed by atoms with Crippen molar-refractivity contribution in [1.82, 2.24) is 0 Å². The molecule has 0 aliphatic carbocycles. The van der Waals surface area contributed by atoms with Crippen molar-refractivity contribution in [3.8, 4) is 0 Å². The summed E-state index contributed by atoms with van der Waals surface area (Å²) in [5.41, 5.74) is 1.23. The number of anilines is 1. The number of para-hydroxylation sites is 1. The van der Waals surface area contributed by atoms with Gasteiger partial charge in [0, 0.05) is 12.2 Å². The topological polar surface area (TPSA) is 12.0 Å². The number of unbranched alkanes of at least 4 members (excludes halogenated alkanes) is 6. The van der Waals surface area contributed by atoms with Crippen molar-refractivity contribution < 1.29 is 0 Å². The molecule has 0 aliphatic heterocycles. The lowest BCUT2D eigenvalue weighted by molar-refractivity contribution is 0.605. The quantitative estimate of drug-likeness (QED) is 0.440. The van der Waals surface area contributed by atoms with Gasteiger partial charge in [-0.3, -0.25) is 0 Å². The molecule has 1 aromatic rings. The van der Waals surface area contributed by atoms with E-state index in [2.05, 4.69) is 42.2 Å². The van der Waals surface area contributed by atoms with Crippen molar-refractivity contribution in [3.63, 3.8) is 0 Å². The van der Waals surface area contributed by atoms with Crippen LogP contribution in [0.3, 0.4) is 0 Å². The van der Waals surface area contributed by atoms with Gasteiger partial charge in [-0.15, -0.1) is 6.58 Å². The fourth-order valence-corrected chi connectivity index (χ4v) is 1.91. The van der Waals surface area contributed by atoms with E-state index in [1.807, 2.05) is 6.08 Å². The minimum atomic E-state index is 1.09. The maximum absolute atomic E-state index is 3.74. The predicted octanol–water partition coefficient (Wildman–Crippen LogP) is 5.02. The van der Waals surface area contributed by atoms with Crippen LogP contribution < -0.4 is 5.32 Å². The first-order valence-corrected chi connectivity index (χ1v) is 6.83. The molecular weight excluding hydrogens is 206 g/mol. The van der Waals surface area contributed by atoms with Crippen LogP contribution >= 0.6 is 0 Å². The first-order chi connectivity index (χ1) is 8.43. The molecule has 1 heteroatoms. The summed E-state index contributed by atoms with van der Waals surface area (Å²) in [4.78, 5) is 0. The highest BCUT2D eigenvalue weighted by molar-refractivity contribution is 5.42. The molecule has 0 aliphatic rings. The highest BCUT2D eigenvalue weighted by atomic mass is 14.9. The third kappa shape index (κ3) is 7.62. The van der Waals surface area contributed by atoms with Crippen LogP contribution in [0.1, 0.15) is 44.9 Å². The van der Waals surface area contributed by atoms with Gasteiger partial charge in [0.2, 0.25) is 0 Å². The summed E-state index contributed by atoms with van der Waals surface area (Å²) < 4.78 is 0. The van der Waals surface area contributed by atoms with Gasteiger partial charge in [-0.05, 0) is 31.4 Å². The zero-order chi connectivity index (χ0) is 12.2. The summed E-state index contributed by atoms with van der Waals surface area (Å²) in [6, 6.07) is 10.4. The van der Waals surface area contributed by atoms with Crippen LogP contribution in [0.5, 0.6) is 0 Å². The van der Waals surface area contributed by atoms with Crippen LogP contribution in [0.25, 0.3) is 0 Å². The molecule has 1 rings (SSSR count). The fraction of sp³-hybridized carbons (Fsp3) is 0.500. The Bertz CT molecular complexity index is 279. The molecule has 1 nitrogen and oxygen atoms in total. The van der Waals surface area contributed by atoms with Crippen LogP contribution in [0, 0.1) is 0 Å². The predicted molar refractivity (Wildman–Crippen MR) is 77.4 cm³/mol. The molecular formula is C16H25N. The second-order valence-electron chi connectivity index (χ2n) is 4.49. The van der Waals surface area contributed by atoms with E-state index < -0.39 is 0 Å². The molecule has 0 heterocycles. The van der Waals surface area contributed by atoms with Crippen LogP contribution in [-0.4, -0.2) is 6.54 Å². The molecule has 1 N–H and O–H groups in total. The zero-order valence-electron chi connectivity index (χ0n) is 10.8. The van der Waals surface area contributed by atoms with E-state index in [0.717, 1.165) is 6.54 Å². The molecule has 0 fully saturated rings. The van der Waals surface area contributed by atoms with Gasteiger partial charge in [0.1, 0.15) is 0 Å². The normalized spacial score (nSPS) is 10.1. The molecule has 0 spiro atoms. The van der Waals surface area contributed by atoms with E-state index >= 15 is 0 Å². The first kappa shape index (κ1) is 13.8. The first-order valence-electron chi connectivity index (χ1n) is 6.83. The Morgan fingerprint density at radius 1 is 0.882 bits per heavy atom. The van der Waals surface area contributed by atoms with E-state index in [1.54, 1.807) is 0 Å². The van der Waals surface area contributed by atoms with Crippen molar-refractivity contribution in [2.24, 2.45) is 0 Å². The van der Waals surface area contributed by atoms with Crippen molar-refractivity contribution in [1.29, 1.82) is 0 Å². The van der Waals surface area contributed by atoms with Gasteiger partial charge in [0.25, 0.3) is 0 Å². The number of benzene rings is 1. The third-order valence-electron chi connectivity index (χ3n) is 2.94. The molecule has 0 amide bonds. The summed E-state index contributed by atoms with van der Waals surface area (Å²) in [6.07, 6.45) is 11.2. The van der Waals surface area contributed by atoms with E-state index in [1.165, 1.54) is 50.6 Å². The van der Waals surface area contributed by atoms with Crippen LogP contribution in [0.2, 0.25) is 0 Å². The maximum atomic E-state index is 3.74. The van der Waals surface area contributed by atoms with E-state index in [-0.39, 0.29) is 0 Å². The van der Waals surface area contributed by atoms with Gasteiger partial charge >= 0.3 is 0 Å². The minimum absolute atomic E-state index is 1.09. The molecule has 0 aromatic heterocycles. The number of rotatable bonds is 10. The minimum Gasteiger partial charge on any atom is -0.385 e. The Labute approximate surface area is 106 Å². The van der Waals surface area contributed by atoms with Gasteiger partial charge in [-0.1, -0.05) is 50.0 Å². The second kappa shape index (κ2) is 9.95. The van der Waals surface area contributed by atoms with Gasteiger partial charge in [0.05, 0.1) is 0 Å². The Morgan fingerprint density at radius 3 is 2.24 bits per heavy atom. The van der Waals surface area contributed by atoms with Crippen LogP contribution in [0.15, 0.2) is 43.0 Å². The fourth-order valence-electron chi connectivity index (χ4n) is 1.91. The number of allylic oxidation sites excluding steroid dienone is 1. The molecule has 94 valence electrons. The molecule has 0 saturated heterocycles. The Morgan fingerprint density at radius 2 is 1.53 bits per heavy atom. The van der Waals surface area contributed by atoms with Gasteiger partial charge < -0.3 is 5.32 Å². The van der Waals surface area contributed by atoms with Gasteiger partial charge in [0.15, 0.2) is 0 Å². The summed E-state index contributed by atoms with van der Waals surface area (Å²) in [5.74, 6) is 0. The lowest BCUT2D eigenvalue weighted by Crippen LogP contribution is -2.00. The van der Waals surface area contributed by atoms with Crippen LogP contribution in [0.4, 0.5) is 5.69 Å². The molecule has 0 atom stereocenters. The molecule has 0 radical (unpaired) electrons. The average molecular weight is 231 g/mol. The zero-order valence-corrected chi connectivity index (χ0v) is 10.8. The monoisotopic (exact) mass is 231 g/mol. The standard InChI is InChI=1S/C16H25N/c1-2-3-4-5-6-7-8-12-15-17-16-13-10-9-11-14-16/h2,9-11,13-14,17H,1,3-8,12,15H2. The number of hydrogen-bond donors (Lipinski definition) is 1. The van der Waals surface area contributed by atoms with Gasteiger partial charge in [-0.25, -0.2) is 0 Å². The summed E-state index contributed by atoms with van der Waals surface area (Å²) >= 11 is 0. The lowest BCUT2D eigenvalue weighted by atomic mass is 10.1. The number of nitrogens with one attached hydrogen (secondary N) is 1. The van der Waals surface area contributed by atoms with Crippen molar-refractivity contribution in [3.05, 3.63) is 43.0 Å². The van der Waals surface area contributed by atoms with E-state index in [0.29, 0.717) is 0 Å². The molecule has 0 bridgehead atoms. The summed E-state index contributed by atoms with van der Waals surface area (Å²) in [6.45, 7) is 4.83. The SMILES string of the molecule is C=CCCCCCCCCNc1ccccc1. The largest absolute Gasteiger partial charge is 0.385 e. The molecule has 0 unspecified atom stereocenters. The lowest BCUT2D eigenvalue weighted by Gasteiger charge is -2.05. The Balaban J connectivity index is 1.86. The molecule has 17 heavy (non-hydrogen) atoms. The van der Waals surface area contributed by atoms with Crippen molar-refractivity contribution in [2.45, 2.75) is 44.9 Å². The van der Waals surface area contributed by atoms with Crippen molar-refractivity contribution >= 4 is 5.69 Å². The van der Waals surface area contributed by atoms with Crippen molar-refractivity contribution in [2.75, 3.05) is 11.9 Å². The summed E-state index contributed by atoms with van der Waals surface area (Å²) in [7, 11) is 0. The van der Waals surface area contributed by atoms with Crippen LogP contribution in [-0.2, 0) is 0 Å². The Hall–Kier alpha value is -1.24. The highest BCUT2D eigenvalue weighted by Gasteiger charge is 1.92. The average Bonchev–Trinajstić information content (AvgIpc) is 2.38. The third-order valence-corrected chi connectivity index (χ3v) is 2.94. The van der Waals surface area contributed by atoms with Gasteiger partial charge in [-0.2, -0.15) is 0 Å².